The van der Waals surface area contributed by atoms with E-state index in [4.69, 9.17) is 0 Å². The van der Waals surface area contributed by atoms with Gasteiger partial charge in [-0.05, 0) is 31.9 Å². The largest absolute Gasteiger partial charge is 0.325 e. The highest BCUT2D eigenvalue weighted by Gasteiger charge is 2.51. The number of hydrogen-bond acceptors (Lipinski definition) is 4. The average molecular weight is 398 g/mol. The van der Waals surface area contributed by atoms with Crippen LogP contribution in [0.15, 0.2) is 24.3 Å². The Labute approximate surface area is 169 Å². The predicted octanol–water partition coefficient (Wildman–Crippen LogP) is 2.40. The maximum atomic E-state index is 13.2. The van der Waals surface area contributed by atoms with Gasteiger partial charge in [-0.3, -0.25) is 19.3 Å². The first-order valence-corrected chi connectivity index (χ1v) is 10.3. The topological polar surface area (TPSA) is 98.8 Å². The van der Waals surface area contributed by atoms with E-state index in [-0.39, 0.29) is 30.7 Å². The summed E-state index contributed by atoms with van der Waals surface area (Å²) in [6.45, 7) is 1.46. The SMILES string of the molecule is C[C@H]1CC(=O)Nc2ccccc2N1C(=O)CN1C(=O)NC2(CCCCCC2)C1=O. The molecule has 1 aromatic rings. The minimum atomic E-state index is -0.867. The van der Waals surface area contributed by atoms with Gasteiger partial charge in [-0.1, -0.05) is 37.8 Å². The molecule has 8 heteroatoms. The molecule has 4 rings (SSSR count). The number of anilines is 2. The zero-order valence-electron chi connectivity index (χ0n) is 16.6. The first-order chi connectivity index (χ1) is 13.9. The molecule has 1 aliphatic carbocycles. The lowest BCUT2D eigenvalue weighted by Crippen LogP contribution is -2.49. The number of para-hydroxylation sites is 2. The zero-order chi connectivity index (χ0) is 20.6. The normalized spacial score (nSPS) is 23.9. The smallest absolute Gasteiger partial charge is 0.324 e. The number of hydrogen-bond donors (Lipinski definition) is 2. The van der Waals surface area contributed by atoms with Gasteiger partial charge in [-0.25, -0.2) is 4.79 Å². The number of fused-ring (bicyclic) bond motifs is 1. The summed E-state index contributed by atoms with van der Waals surface area (Å²) < 4.78 is 0. The van der Waals surface area contributed by atoms with Crippen LogP contribution < -0.4 is 15.5 Å². The summed E-state index contributed by atoms with van der Waals surface area (Å²) in [5, 5.41) is 5.68. The van der Waals surface area contributed by atoms with Crippen molar-refractivity contribution < 1.29 is 19.2 Å². The monoisotopic (exact) mass is 398 g/mol. The van der Waals surface area contributed by atoms with Crippen molar-refractivity contribution in [1.82, 2.24) is 10.2 Å². The van der Waals surface area contributed by atoms with Crippen LogP contribution in [-0.4, -0.2) is 46.8 Å². The molecule has 0 radical (unpaired) electrons. The number of carbonyl (C=O) groups is 4. The third kappa shape index (κ3) is 3.47. The number of nitrogens with one attached hydrogen (secondary N) is 2. The van der Waals surface area contributed by atoms with E-state index in [0.717, 1.165) is 30.6 Å². The molecule has 2 fully saturated rings. The second-order valence-corrected chi connectivity index (χ2v) is 8.20. The molecule has 2 aliphatic heterocycles. The van der Waals surface area contributed by atoms with Gasteiger partial charge in [0.05, 0.1) is 11.4 Å². The molecule has 1 atom stereocenters. The standard InChI is InChI=1S/C21H26N4O4/c1-14-12-17(26)22-15-8-4-5-9-16(15)25(14)18(27)13-24-19(28)21(23-20(24)29)10-6-2-3-7-11-21/h4-5,8-9,14H,2-3,6-7,10-13H2,1H3,(H,22,26)(H,23,29)/t14-/m0/s1. The molecule has 1 saturated heterocycles. The summed E-state index contributed by atoms with van der Waals surface area (Å²) >= 11 is 0. The molecule has 0 unspecified atom stereocenters. The third-order valence-electron chi connectivity index (χ3n) is 6.12. The highest BCUT2D eigenvalue weighted by atomic mass is 16.2. The minimum absolute atomic E-state index is 0.143. The van der Waals surface area contributed by atoms with Gasteiger partial charge in [0.1, 0.15) is 12.1 Å². The summed E-state index contributed by atoms with van der Waals surface area (Å²) in [7, 11) is 0. The average Bonchev–Trinajstić information content (AvgIpc) is 2.87. The number of carbonyl (C=O) groups excluding carboxylic acids is 4. The van der Waals surface area contributed by atoms with Crippen molar-refractivity contribution in [2.45, 2.75) is 63.5 Å². The van der Waals surface area contributed by atoms with Gasteiger partial charge in [0.2, 0.25) is 11.8 Å². The van der Waals surface area contributed by atoms with E-state index in [1.165, 1.54) is 4.90 Å². The number of rotatable bonds is 2. The maximum Gasteiger partial charge on any atom is 0.325 e. The van der Waals surface area contributed by atoms with E-state index >= 15 is 0 Å². The van der Waals surface area contributed by atoms with Crippen LogP contribution in [0.1, 0.15) is 51.9 Å². The van der Waals surface area contributed by atoms with Gasteiger partial charge in [0.25, 0.3) is 5.91 Å². The Morgan fingerprint density at radius 3 is 2.52 bits per heavy atom. The van der Waals surface area contributed by atoms with Crippen molar-refractivity contribution in [3.8, 4) is 0 Å². The predicted molar refractivity (Wildman–Crippen MR) is 107 cm³/mol. The summed E-state index contributed by atoms with van der Waals surface area (Å²) in [6.07, 6.45) is 5.24. The van der Waals surface area contributed by atoms with Crippen molar-refractivity contribution in [3.63, 3.8) is 0 Å². The van der Waals surface area contributed by atoms with Crippen LogP contribution in [0.4, 0.5) is 16.2 Å². The number of amides is 5. The van der Waals surface area contributed by atoms with Crippen molar-refractivity contribution in [1.29, 1.82) is 0 Å². The molecule has 0 bridgehead atoms. The van der Waals surface area contributed by atoms with Crippen LogP contribution in [0, 0.1) is 0 Å². The zero-order valence-corrected chi connectivity index (χ0v) is 16.6. The maximum absolute atomic E-state index is 13.2. The molecule has 2 heterocycles. The molecule has 3 aliphatic rings. The van der Waals surface area contributed by atoms with E-state index in [9.17, 15) is 19.2 Å². The van der Waals surface area contributed by atoms with Crippen molar-refractivity contribution in [3.05, 3.63) is 24.3 Å². The number of nitrogens with zero attached hydrogens (tertiary/aromatic N) is 2. The van der Waals surface area contributed by atoms with Crippen molar-refractivity contribution in [2.75, 3.05) is 16.8 Å². The summed E-state index contributed by atoms with van der Waals surface area (Å²) in [5.41, 5.74) is 0.257. The Bertz CT molecular complexity index is 860. The Morgan fingerprint density at radius 2 is 1.79 bits per heavy atom. The molecular formula is C21H26N4O4. The van der Waals surface area contributed by atoms with E-state index in [2.05, 4.69) is 10.6 Å². The molecule has 1 aromatic carbocycles. The van der Waals surface area contributed by atoms with Crippen LogP contribution in [0.25, 0.3) is 0 Å². The van der Waals surface area contributed by atoms with Crippen LogP contribution >= 0.6 is 0 Å². The first-order valence-electron chi connectivity index (χ1n) is 10.3. The lowest BCUT2D eigenvalue weighted by atomic mass is 9.90. The minimum Gasteiger partial charge on any atom is -0.324 e. The Hall–Kier alpha value is -2.90. The summed E-state index contributed by atoms with van der Waals surface area (Å²) in [5.74, 6) is -0.856. The van der Waals surface area contributed by atoms with Crippen molar-refractivity contribution in [2.24, 2.45) is 0 Å². The van der Waals surface area contributed by atoms with E-state index in [1.807, 2.05) is 0 Å². The van der Waals surface area contributed by atoms with Crippen LogP contribution in [0.3, 0.4) is 0 Å². The molecular weight excluding hydrogens is 372 g/mol. The number of imide groups is 1. The van der Waals surface area contributed by atoms with E-state index < -0.39 is 17.6 Å². The lowest BCUT2D eigenvalue weighted by Gasteiger charge is -2.29. The molecule has 29 heavy (non-hydrogen) atoms. The second kappa shape index (κ2) is 7.50. The first kappa shape index (κ1) is 19.4. The quantitative estimate of drug-likeness (QED) is 0.748. The van der Waals surface area contributed by atoms with Gasteiger partial charge < -0.3 is 15.5 Å². The summed E-state index contributed by atoms with van der Waals surface area (Å²) in [6, 6.07) is 6.17. The molecule has 2 N–H and O–H groups in total. The Kier molecular flexibility index (Phi) is 5.02. The lowest BCUT2D eigenvalue weighted by molar-refractivity contribution is -0.134. The van der Waals surface area contributed by atoms with E-state index in [0.29, 0.717) is 24.2 Å². The van der Waals surface area contributed by atoms with E-state index in [1.54, 1.807) is 31.2 Å². The Morgan fingerprint density at radius 1 is 1.10 bits per heavy atom. The highest BCUT2D eigenvalue weighted by molar-refractivity contribution is 6.11. The number of urea groups is 1. The molecule has 154 valence electrons. The van der Waals surface area contributed by atoms with Crippen LogP contribution in [-0.2, 0) is 14.4 Å². The molecule has 1 spiro atoms. The van der Waals surface area contributed by atoms with Crippen molar-refractivity contribution >= 4 is 35.1 Å². The van der Waals surface area contributed by atoms with Gasteiger partial charge in [-0.15, -0.1) is 0 Å². The molecule has 8 nitrogen and oxygen atoms in total. The molecule has 0 aromatic heterocycles. The third-order valence-corrected chi connectivity index (χ3v) is 6.12. The van der Waals surface area contributed by atoms with Gasteiger partial charge in [-0.2, -0.15) is 0 Å². The molecule has 1 saturated carbocycles. The fourth-order valence-electron chi connectivity index (χ4n) is 4.67. The van der Waals surface area contributed by atoms with Gasteiger partial charge in [0, 0.05) is 12.5 Å². The fraction of sp³-hybridized carbons (Fsp3) is 0.524. The number of benzene rings is 1. The second-order valence-electron chi connectivity index (χ2n) is 8.20. The van der Waals surface area contributed by atoms with Crippen LogP contribution in [0.5, 0.6) is 0 Å². The highest BCUT2D eigenvalue weighted by Crippen LogP contribution is 2.34. The van der Waals surface area contributed by atoms with Gasteiger partial charge >= 0.3 is 6.03 Å². The van der Waals surface area contributed by atoms with Gasteiger partial charge in [0.15, 0.2) is 0 Å². The summed E-state index contributed by atoms with van der Waals surface area (Å²) in [4.78, 5) is 53.6. The fourth-order valence-corrected chi connectivity index (χ4v) is 4.67. The molecule has 5 amide bonds. The Balaban J connectivity index is 1.58. The van der Waals surface area contributed by atoms with Crippen LogP contribution in [0.2, 0.25) is 0 Å².